The predicted molar refractivity (Wildman–Crippen MR) is 116 cm³/mol. The van der Waals surface area contributed by atoms with Crippen LogP contribution in [0, 0.1) is 45.3 Å². The van der Waals surface area contributed by atoms with Gasteiger partial charge in [0, 0.05) is 5.92 Å². The van der Waals surface area contributed by atoms with Gasteiger partial charge < -0.3 is 10.5 Å². The summed E-state index contributed by atoms with van der Waals surface area (Å²) in [6, 6.07) is 23.9. The Hall–Kier alpha value is -4.01. The number of allylic oxidation sites excluding steroid dienone is 4. The SMILES string of the molecule is N#CC1=C(N)C(C#N)(C#N)C(c2ccc(OCc3ccccc3)cc2)C2CCCC=C12. The summed E-state index contributed by atoms with van der Waals surface area (Å²) < 4.78 is 5.88. The van der Waals surface area contributed by atoms with Gasteiger partial charge in [-0.15, -0.1) is 0 Å². The summed E-state index contributed by atoms with van der Waals surface area (Å²) in [4.78, 5) is 0. The van der Waals surface area contributed by atoms with Crippen molar-refractivity contribution in [2.24, 2.45) is 17.1 Å². The molecule has 2 aliphatic carbocycles. The van der Waals surface area contributed by atoms with Crippen LogP contribution in [0.1, 0.15) is 36.3 Å². The molecule has 2 N–H and O–H groups in total. The van der Waals surface area contributed by atoms with Crippen LogP contribution >= 0.6 is 0 Å². The fraction of sp³-hybridized carbons (Fsp3) is 0.269. The molecule has 0 heterocycles. The zero-order chi connectivity index (χ0) is 21.8. The molecule has 5 nitrogen and oxygen atoms in total. The quantitative estimate of drug-likeness (QED) is 0.780. The molecule has 2 unspecified atom stereocenters. The Kier molecular flexibility index (Phi) is 5.48. The lowest BCUT2D eigenvalue weighted by atomic mass is 9.57. The monoisotopic (exact) mass is 406 g/mol. The largest absolute Gasteiger partial charge is 0.489 e. The van der Waals surface area contributed by atoms with E-state index in [2.05, 4.69) is 18.2 Å². The van der Waals surface area contributed by atoms with Gasteiger partial charge in [-0.2, -0.15) is 15.8 Å². The molecule has 2 aliphatic rings. The maximum atomic E-state index is 10.1. The molecule has 0 amide bonds. The molecule has 5 heteroatoms. The third kappa shape index (κ3) is 3.43. The lowest BCUT2D eigenvalue weighted by molar-refractivity contribution is 0.303. The molecular weight excluding hydrogens is 384 g/mol. The molecule has 4 rings (SSSR count). The van der Waals surface area contributed by atoms with Crippen LogP contribution in [0.3, 0.4) is 0 Å². The Labute approximate surface area is 182 Å². The first-order chi connectivity index (χ1) is 15.1. The zero-order valence-corrected chi connectivity index (χ0v) is 17.1. The van der Waals surface area contributed by atoms with Crippen LogP contribution in [-0.2, 0) is 6.61 Å². The number of nitriles is 3. The van der Waals surface area contributed by atoms with Gasteiger partial charge >= 0.3 is 0 Å². The molecule has 0 aliphatic heterocycles. The van der Waals surface area contributed by atoms with E-state index in [9.17, 15) is 15.8 Å². The van der Waals surface area contributed by atoms with Gasteiger partial charge in [-0.1, -0.05) is 48.5 Å². The Balaban J connectivity index is 1.70. The molecule has 0 radical (unpaired) electrons. The predicted octanol–water partition coefficient (Wildman–Crippen LogP) is 4.86. The number of benzene rings is 2. The number of ether oxygens (including phenoxy) is 1. The van der Waals surface area contributed by atoms with Crippen molar-refractivity contribution in [1.82, 2.24) is 0 Å². The van der Waals surface area contributed by atoms with Crippen molar-refractivity contribution < 1.29 is 4.74 Å². The van der Waals surface area contributed by atoms with Crippen LogP contribution in [0.5, 0.6) is 5.75 Å². The maximum absolute atomic E-state index is 10.1. The van der Waals surface area contributed by atoms with Crippen LogP contribution in [0.2, 0.25) is 0 Å². The Morgan fingerprint density at radius 3 is 2.35 bits per heavy atom. The molecule has 0 saturated heterocycles. The van der Waals surface area contributed by atoms with Crippen LogP contribution in [-0.4, -0.2) is 0 Å². The summed E-state index contributed by atoms with van der Waals surface area (Å²) in [5, 5.41) is 29.8. The molecule has 2 atom stereocenters. The average molecular weight is 406 g/mol. The summed E-state index contributed by atoms with van der Waals surface area (Å²) in [5.41, 5.74) is 7.91. The van der Waals surface area contributed by atoms with Gasteiger partial charge in [-0.05, 0) is 54.0 Å². The van der Waals surface area contributed by atoms with Gasteiger partial charge in [0.25, 0.3) is 0 Å². The van der Waals surface area contributed by atoms with Gasteiger partial charge in [0.15, 0.2) is 5.41 Å². The van der Waals surface area contributed by atoms with E-state index in [-0.39, 0.29) is 11.6 Å². The molecule has 0 saturated carbocycles. The summed E-state index contributed by atoms with van der Waals surface area (Å²) >= 11 is 0. The highest BCUT2D eigenvalue weighted by atomic mass is 16.5. The lowest BCUT2D eigenvalue weighted by Gasteiger charge is -2.43. The third-order valence-electron chi connectivity index (χ3n) is 6.29. The van der Waals surface area contributed by atoms with Gasteiger partial charge in [0.1, 0.15) is 18.4 Å². The Morgan fingerprint density at radius 2 is 1.71 bits per heavy atom. The van der Waals surface area contributed by atoms with E-state index in [1.165, 1.54) is 0 Å². The topological polar surface area (TPSA) is 107 Å². The van der Waals surface area contributed by atoms with Crippen molar-refractivity contribution >= 4 is 0 Å². The number of rotatable bonds is 4. The number of nitrogens with zero attached hydrogens (tertiary/aromatic N) is 3. The van der Waals surface area contributed by atoms with Crippen molar-refractivity contribution in [1.29, 1.82) is 15.8 Å². The van der Waals surface area contributed by atoms with Crippen molar-refractivity contribution in [3.05, 3.63) is 88.6 Å². The molecular formula is C26H22N4O. The second-order valence-corrected chi connectivity index (χ2v) is 7.95. The standard InChI is InChI=1S/C26H22N4O/c27-14-23-21-8-4-5-9-22(21)24(26(16-28,17-29)25(23)30)19-10-12-20(13-11-19)31-15-18-6-2-1-3-7-18/h1-3,6-8,10-13,22,24H,4-5,9,15,30H2. The molecule has 152 valence electrons. The number of hydrogen-bond acceptors (Lipinski definition) is 5. The van der Waals surface area contributed by atoms with Gasteiger partial charge in [0.05, 0.1) is 23.4 Å². The molecule has 0 fully saturated rings. The van der Waals surface area contributed by atoms with Crippen molar-refractivity contribution in [2.75, 3.05) is 0 Å². The summed E-state index contributed by atoms with van der Waals surface area (Å²) in [6.07, 6.45) is 4.68. The fourth-order valence-corrected chi connectivity index (χ4v) is 4.76. The number of nitrogens with two attached hydrogens (primary N) is 1. The van der Waals surface area contributed by atoms with E-state index >= 15 is 0 Å². The summed E-state index contributed by atoms with van der Waals surface area (Å²) in [7, 11) is 0. The molecule has 2 aromatic carbocycles. The van der Waals surface area contributed by atoms with Crippen molar-refractivity contribution in [3.8, 4) is 24.0 Å². The van der Waals surface area contributed by atoms with Gasteiger partial charge in [-0.25, -0.2) is 0 Å². The highest BCUT2D eigenvalue weighted by molar-refractivity contribution is 5.59. The highest BCUT2D eigenvalue weighted by Gasteiger charge is 2.53. The van der Waals surface area contributed by atoms with Crippen molar-refractivity contribution in [3.63, 3.8) is 0 Å². The minimum absolute atomic E-state index is 0.0683. The smallest absolute Gasteiger partial charge is 0.191 e. The minimum Gasteiger partial charge on any atom is -0.489 e. The molecule has 0 aromatic heterocycles. The first-order valence-corrected chi connectivity index (χ1v) is 10.3. The van der Waals surface area contributed by atoms with E-state index in [4.69, 9.17) is 10.5 Å². The minimum atomic E-state index is -1.57. The van der Waals surface area contributed by atoms with E-state index in [1.807, 2.05) is 60.7 Å². The van der Waals surface area contributed by atoms with E-state index in [0.717, 1.165) is 36.0 Å². The molecule has 31 heavy (non-hydrogen) atoms. The first-order valence-electron chi connectivity index (χ1n) is 10.3. The third-order valence-corrected chi connectivity index (χ3v) is 6.29. The summed E-state index contributed by atoms with van der Waals surface area (Å²) in [6.45, 7) is 0.459. The van der Waals surface area contributed by atoms with E-state index in [1.54, 1.807) is 0 Å². The molecule has 2 aromatic rings. The molecule has 0 spiro atoms. The maximum Gasteiger partial charge on any atom is 0.191 e. The first kappa shape index (κ1) is 20.3. The highest BCUT2D eigenvalue weighted by Crippen LogP contribution is 2.55. The van der Waals surface area contributed by atoms with Crippen molar-refractivity contribution in [2.45, 2.75) is 31.8 Å². The van der Waals surface area contributed by atoms with Crippen LogP contribution in [0.25, 0.3) is 0 Å². The van der Waals surface area contributed by atoms with Crippen LogP contribution in [0.15, 0.2) is 77.5 Å². The Morgan fingerprint density at radius 1 is 1.00 bits per heavy atom. The number of hydrogen-bond donors (Lipinski definition) is 1. The normalized spacial score (nSPS) is 21.6. The van der Waals surface area contributed by atoms with E-state index in [0.29, 0.717) is 17.9 Å². The molecule has 0 bridgehead atoms. The second kappa shape index (κ2) is 8.39. The lowest BCUT2D eigenvalue weighted by Crippen LogP contribution is -2.42. The zero-order valence-electron chi connectivity index (χ0n) is 17.1. The van der Waals surface area contributed by atoms with Gasteiger partial charge in [-0.3, -0.25) is 0 Å². The van der Waals surface area contributed by atoms with Gasteiger partial charge in [0.2, 0.25) is 0 Å². The van der Waals surface area contributed by atoms with E-state index < -0.39 is 11.3 Å². The number of fused-ring (bicyclic) bond motifs is 1. The summed E-state index contributed by atoms with van der Waals surface area (Å²) in [5.74, 6) is 0.184. The second-order valence-electron chi connectivity index (χ2n) is 7.95. The van der Waals surface area contributed by atoms with Crippen LogP contribution in [0.4, 0.5) is 0 Å². The fourth-order valence-electron chi connectivity index (χ4n) is 4.76. The average Bonchev–Trinajstić information content (AvgIpc) is 2.83. The van der Waals surface area contributed by atoms with Crippen LogP contribution < -0.4 is 10.5 Å². The Bertz CT molecular complexity index is 1140.